The van der Waals surface area contributed by atoms with E-state index in [0.717, 1.165) is 6.42 Å². The summed E-state index contributed by atoms with van der Waals surface area (Å²) in [6.07, 6.45) is 8.89. The van der Waals surface area contributed by atoms with Crippen LogP contribution in [0, 0.1) is 5.92 Å². The van der Waals surface area contributed by atoms with E-state index >= 15 is 0 Å². The van der Waals surface area contributed by atoms with Crippen molar-refractivity contribution in [3.05, 3.63) is 11.6 Å². The second kappa shape index (κ2) is 7.25. The highest BCUT2D eigenvalue weighted by molar-refractivity contribution is 6.16. The summed E-state index contributed by atoms with van der Waals surface area (Å²) in [6, 6.07) is 0. The molecule has 1 fully saturated rings. The largest absolute Gasteiger partial charge is 0.462 e. The summed E-state index contributed by atoms with van der Waals surface area (Å²) in [4.78, 5) is 22.9. The number of allylic oxidation sites excluding steroid dienone is 1. The van der Waals surface area contributed by atoms with Crippen LogP contribution in [0.25, 0.3) is 0 Å². The molecule has 0 saturated heterocycles. The van der Waals surface area contributed by atoms with Gasteiger partial charge in [0.25, 0.3) is 0 Å². The Labute approximate surface area is 103 Å². The highest BCUT2D eigenvalue weighted by atomic mass is 16.5. The van der Waals surface area contributed by atoms with E-state index in [1.54, 1.807) is 13.0 Å². The molecule has 0 unspecified atom stereocenters. The molecule has 0 bridgehead atoms. The van der Waals surface area contributed by atoms with Crippen molar-refractivity contribution in [1.29, 1.82) is 0 Å². The van der Waals surface area contributed by atoms with Crippen molar-refractivity contribution >= 4 is 11.8 Å². The van der Waals surface area contributed by atoms with Crippen molar-refractivity contribution in [3.8, 4) is 0 Å². The number of hydrogen-bond donors (Lipinski definition) is 0. The molecule has 0 spiro atoms. The zero-order valence-electron chi connectivity index (χ0n) is 10.8. The number of Topliss-reactive ketones (excluding diaryl/α,β-unsaturated/α-hetero) is 1. The van der Waals surface area contributed by atoms with Gasteiger partial charge in [-0.2, -0.15) is 0 Å². The fourth-order valence-electron chi connectivity index (χ4n) is 2.29. The van der Waals surface area contributed by atoms with Crippen LogP contribution in [-0.2, 0) is 14.3 Å². The molecule has 0 amide bonds. The van der Waals surface area contributed by atoms with Crippen molar-refractivity contribution in [1.82, 2.24) is 0 Å². The average molecular weight is 238 g/mol. The lowest BCUT2D eigenvalue weighted by atomic mass is 9.86. The molecule has 1 aliphatic carbocycles. The van der Waals surface area contributed by atoms with Crippen molar-refractivity contribution < 1.29 is 14.3 Å². The maximum absolute atomic E-state index is 11.5. The Bertz CT molecular complexity index is 299. The van der Waals surface area contributed by atoms with Crippen molar-refractivity contribution in [2.75, 3.05) is 6.61 Å². The van der Waals surface area contributed by atoms with Crippen molar-refractivity contribution in [3.63, 3.8) is 0 Å². The number of esters is 1. The zero-order valence-corrected chi connectivity index (χ0v) is 10.8. The summed E-state index contributed by atoms with van der Waals surface area (Å²) < 4.78 is 4.88. The molecule has 17 heavy (non-hydrogen) atoms. The van der Waals surface area contributed by atoms with Crippen LogP contribution >= 0.6 is 0 Å². The third-order valence-corrected chi connectivity index (χ3v) is 3.25. The lowest BCUT2D eigenvalue weighted by Gasteiger charge is -2.20. The number of rotatable bonds is 5. The summed E-state index contributed by atoms with van der Waals surface area (Å²) in [6.45, 7) is 3.48. The molecule has 0 N–H and O–H groups in total. The first kappa shape index (κ1) is 13.9. The summed E-state index contributed by atoms with van der Waals surface area (Å²) in [5.74, 6) is -0.0393. The van der Waals surface area contributed by atoms with E-state index in [-0.39, 0.29) is 11.4 Å². The Morgan fingerprint density at radius 1 is 1.24 bits per heavy atom. The predicted molar refractivity (Wildman–Crippen MR) is 66.6 cm³/mol. The van der Waals surface area contributed by atoms with Gasteiger partial charge < -0.3 is 4.74 Å². The minimum Gasteiger partial charge on any atom is -0.462 e. The molecule has 0 atom stereocenters. The summed E-state index contributed by atoms with van der Waals surface area (Å²) in [5.41, 5.74) is 0.220. The summed E-state index contributed by atoms with van der Waals surface area (Å²) in [7, 11) is 0. The number of ether oxygens (including phenoxy) is 1. The molecule has 0 aliphatic heterocycles. The highest BCUT2D eigenvalue weighted by Crippen LogP contribution is 2.27. The fourth-order valence-corrected chi connectivity index (χ4v) is 2.29. The topological polar surface area (TPSA) is 43.4 Å². The summed E-state index contributed by atoms with van der Waals surface area (Å²) >= 11 is 0. The Balaban J connectivity index is 2.56. The first-order chi connectivity index (χ1) is 8.15. The minimum absolute atomic E-state index is 0.195. The first-order valence-corrected chi connectivity index (χ1v) is 6.53. The summed E-state index contributed by atoms with van der Waals surface area (Å²) in [5, 5.41) is 0. The van der Waals surface area contributed by atoms with Crippen molar-refractivity contribution in [2.45, 2.75) is 52.4 Å². The molecular formula is C14H22O3. The lowest BCUT2D eigenvalue weighted by Crippen LogP contribution is -2.14. The van der Waals surface area contributed by atoms with Gasteiger partial charge in [-0.15, -0.1) is 0 Å². The number of hydrogen-bond acceptors (Lipinski definition) is 3. The van der Waals surface area contributed by atoms with Crippen LogP contribution in [0.5, 0.6) is 0 Å². The Morgan fingerprint density at radius 2 is 1.88 bits per heavy atom. The lowest BCUT2D eigenvalue weighted by molar-refractivity contribution is -0.139. The smallest absolute Gasteiger partial charge is 0.341 e. The van der Waals surface area contributed by atoms with Gasteiger partial charge in [0.05, 0.1) is 12.2 Å². The van der Waals surface area contributed by atoms with Crippen LogP contribution in [0.1, 0.15) is 52.4 Å². The molecule has 0 aromatic carbocycles. The molecule has 0 radical (unpaired) electrons. The quantitative estimate of drug-likeness (QED) is 0.320. The fraction of sp³-hybridized carbons (Fsp3) is 0.714. The maximum atomic E-state index is 11.5. The molecule has 0 aromatic rings. The molecule has 3 nitrogen and oxygen atoms in total. The Hall–Kier alpha value is -1.12. The van der Waals surface area contributed by atoms with Crippen LogP contribution in [0.4, 0.5) is 0 Å². The molecule has 0 heterocycles. The Kier molecular flexibility index (Phi) is 5.95. The van der Waals surface area contributed by atoms with Gasteiger partial charge in [-0.1, -0.05) is 38.2 Å². The average Bonchev–Trinajstić information content (AvgIpc) is 2.30. The van der Waals surface area contributed by atoms with E-state index in [1.807, 2.05) is 0 Å². The molecule has 1 saturated carbocycles. The second-order valence-electron chi connectivity index (χ2n) is 4.63. The zero-order chi connectivity index (χ0) is 12.7. The second-order valence-corrected chi connectivity index (χ2v) is 4.63. The van der Waals surface area contributed by atoms with E-state index in [0.29, 0.717) is 12.5 Å². The number of carbonyl (C=O) groups is 2. The van der Waals surface area contributed by atoms with Crippen LogP contribution in [-0.4, -0.2) is 18.4 Å². The van der Waals surface area contributed by atoms with Gasteiger partial charge in [-0.05, 0) is 26.2 Å². The van der Waals surface area contributed by atoms with E-state index in [1.165, 1.54) is 39.0 Å². The van der Waals surface area contributed by atoms with Crippen LogP contribution in [0.2, 0.25) is 0 Å². The standard InChI is InChI=1S/C14H22O3/c1-3-17-14(16)13(11(2)15)10-9-12-7-5-4-6-8-12/h10,12H,3-9H2,1-2H3/b13-10+. The predicted octanol–water partition coefficient (Wildman–Crippen LogP) is 3.04. The van der Waals surface area contributed by atoms with Crippen LogP contribution in [0.3, 0.4) is 0 Å². The van der Waals surface area contributed by atoms with E-state index in [2.05, 4.69) is 0 Å². The van der Waals surface area contributed by atoms with Crippen molar-refractivity contribution in [2.24, 2.45) is 5.92 Å². The Morgan fingerprint density at radius 3 is 2.41 bits per heavy atom. The van der Waals surface area contributed by atoms with Gasteiger partial charge in [0.2, 0.25) is 0 Å². The number of carbonyl (C=O) groups excluding carboxylic acids is 2. The molecular weight excluding hydrogens is 216 g/mol. The van der Waals surface area contributed by atoms with E-state index < -0.39 is 5.97 Å². The third kappa shape index (κ3) is 4.72. The van der Waals surface area contributed by atoms with E-state index in [9.17, 15) is 9.59 Å². The van der Waals surface area contributed by atoms with Gasteiger partial charge in [-0.3, -0.25) is 4.79 Å². The minimum atomic E-state index is -0.476. The molecule has 1 aliphatic rings. The maximum Gasteiger partial charge on any atom is 0.341 e. The molecule has 0 aromatic heterocycles. The van der Waals surface area contributed by atoms with Crippen LogP contribution in [0.15, 0.2) is 11.6 Å². The monoisotopic (exact) mass is 238 g/mol. The van der Waals surface area contributed by atoms with Gasteiger partial charge in [0.15, 0.2) is 5.78 Å². The highest BCUT2D eigenvalue weighted by Gasteiger charge is 2.17. The van der Waals surface area contributed by atoms with Gasteiger partial charge in [0, 0.05) is 0 Å². The van der Waals surface area contributed by atoms with Gasteiger partial charge >= 0.3 is 5.97 Å². The molecule has 1 rings (SSSR count). The van der Waals surface area contributed by atoms with Gasteiger partial charge in [0.1, 0.15) is 0 Å². The van der Waals surface area contributed by atoms with Gasteiger partial charge in [-0.25, -0.2) is 4.79 Å². The first-order valence-electron chi connectivity index (χ1n) is 6.53. The molecule has 96 valence electrons. The van der Waals surface area contributed by atoms with E-state index in [4.69, 9.17) is 4.74 Å². The normalized spacial score (nSPS) is 17.9. The molecule has 3 heteroatoms. The SMILES string of the molecule is CCOC(=O)/C(=C/CC1CCCCC1)C(C)=O. The third-order valence-electron chi connectivity index (χ3n) is 3.25. The van der Waals surface area contributed by atoms with Crippen LogP contribution < -0.4 is 0 Å². The number of ketones is 1.